The summed E-state index contributed by atoms with van der Waals surface area (Å²) in [6, 6.07) is 42.1. The molecule has 0 saturated heterocycles. The molecule has 4 heterocycles. The average molecular weight is 677 g/mol. The van der Waals surface area contributed by atoms with Crippen molar-refractivity contribution >= 4 is 44.1 Å². The number of benzene rings is 6. The lowest BCUT2D eigenvalue weighted by Crippen LogP contribution is -1.81. The number of aromatic nitrogens is 8. The Morgan fingerprint density at radius 1 is 0.327 bits per heavy atom. The van der Waals surface area contributed by atoms with Gasteiger partial charge in [-0.25, -0.2) is 19.9 Å². The average Bonchev–Trinajstić information content (AvgIpc) is 3.94. The standard InChI is InChI=1S/2C22H18N4/c1-13-3-5-15(6-4-13)22-25-19-10-8-17(12-21(19)26-22)16-7-9-18-20(11-16)24-14(2)23-18;1-13-4-3-5-17(10-13)22-25-19-9-7-16(12-21(19)26-22)15-6-8-18-20(11-15)24-14(2)23-18/h2*3-12H,1-2H3,(H,23,24)(H,25,26). The highest BCUT2D eigenvalue weighted by molar-refractivity contribution is 5.89. The number of imidazole rings is 4. The third-order valence-corrected chi connectivity index (χ3v) is 9.45. The molecule has 10 aromatic rings. The number of aryl methyl sites for hydroxylation is 4. The Kier molecular flexibility index (Phi) is 7.51. The quantitative estimate of drug-likeness (QED) is 0.148. The number of hydrogen-bond acceptors (Lipinski definition) is 4. The van der Waals surface area contributed by atoms with E-state index in [0.717, 1.165) is 101 Å². The van der Waals surface area contributed by atoms with Crippen LogP contribution < -0.4 is 0 Å². The zero-order chi connectivity index (χ0) is 35.3. The van der Waals surface area contributed by atoms with E-state index in [-0.39, 0.29) is 0 Å². The van der Waals surface area contributed by atoms with Crippen LogP contribution >= 0.6 is 0 Å². The molecule has 0 aliphatic heterocycles. The first-order valence-corrected chi connectivity index (χ1v) is 17.4. The lowest BCUT2D eigenvalue weighted by atomic mass is 10.0. The van der Waals surface area contributed by atoms with Crippen LogP contribution in [0, 0.1) is 27.7 Å². The van der Waals surface area contributed by atoms with Gasteiger partial charge in [-0.1, -0.05) is 77.9 Å². The molecule has 0 aliphatic rings. The molecule has 6 aromatic carbocycles. The van der Waals surface area contributed by atoms with Crippen LogP contribution in [-0.2, 0) is 0 Å². The van der Waals surface area contributed by atoms with Gasteiger partial charge in [-0.2, -0.15) is 0 Å². The highest BCUT2D eigenvalue weighted by Crippen LogP contribution is 2.30. The van der Waals surface area contributed by atoms with Crippen molar-refractivity contribution in [3.63, 3.8) is 0 Å². The fourth-order valence-electron chi connectivity index (χ4n) is 6.79. The molecule has 8 nitrogen and oxygen atoms in total. The number of hydrogen-bond donors (Lipinski definition) is 4. The van der Waals surface area contributed by atoms with Gasteiger partial charge >= 0.3 is 0 Å². The van der Waals surface area contributed by atoms with Crippen molar-refractivity contribution in [2.24, 2.45) is 0 Å². The molecule has 10 rings (SSSR count). The predicted octanol–water partition coefficient (Wildman–Crippen LogP) is 10.8. The summed E-state index contributed by atoms with van der Waals surface area (Å²) in [6.07, 6.45) is 0. The molecule has 0 fully saturated rings. The van der Waals surface area contributed by atoms with Crippen molar-refractivity contribution in [3.8, 4) is 45.0 Å². The Balaban J connectivity index is 0.000000138. The van der Waals surface area contributed by atoms with E-state index in [1.165, 1.54) is 11.1 Å². The molecule has 252 valence electrons. The number of fused-ring (bicyclic) bond motifs is 4. The van der Waals surface area contributed by atoms with Gasteiger partial charge in [0.05, 0.1) is 44.1 Å². The maximum absolute atomic E-state index is 4.74. The van der Waals surface area contributed by atoms with Crippen molar-refractivity contribution in [2.45, 2.75) is 27.7 Å². The Hall–Kier alpha value is -6.80. The lowest BCUT2D eigenvalue weighted by Gasteiger charge is -2.01. The highest BCUT2D eigenvalue weighted by Gasteiger charge is 2.10. The number of nitrogens with zero attached hydrogens (tertiary/aromatic N) is 4. The number of nitrogens with one attached hydrogen (secondary N) is 4. The van der Waals surface area contributed by atoms with E-state index in [1.807, 2.05) is 13.8 Å². The van der Waals surface area contributed by atoms with E-state index in [1.54, 1.807) is 0 Å². The van der Waals surface area contributed by atoms with Crippen LogP contribution in [0.15, 0.2) is 121 Å². The van der Waals surface area contributed by atoms with Crippen LogP contribution in [0.2, 0.25) is 0 Å². The van der Waals surface area contributed by atoms with Gasteiger partial charge in [0.15, 0.2) is 0 Å². The smallest absolute Gasteiger partial charge is 0.138 e. The molecule has 0 aliphatic carbocycles. The van der Waals surface area contributed by atoms with Crippen molar-refractivity contribution < 1.29 is 0 Å². The van der Waals surface area contributed by atoms with Gasteiger partial charge in [-0.15, -0.1) is 0 Å². The molecular formula is C44H36N8. The summed E-state index contributed by atoms with van der Waals surface area (Å²) in [7, 11) is 0. The van der Waals surface area contributed by atoms with E-state index in [2.05, 4.69) is 165 Å². The third kappa shape index (κ3) is 6.00. The van der Waals surface area contributed by atoms with E-state index in [4.69, 9.17) is 9.97 Å². The molecule has 4 aromatic heterocycles. The zero-order valence-corrected chi connectivity index (χ0v) is 29.3. The molecule has 0 amide bonds. The first-order valence-electron chi connectivity index (χ1n) is 17.4. The second-order valence-electron chi connectivity index (χ2n) is 13.5. The first kappa shape index (κ1) is 31.2. The topological polar surface area (TPSA) is 115 Å². The molecule has 0 spiro atoms. The summed E-state index contributed by atoms with van der Waals surface area (Å²) < 4.78 is 0. The molecule has 0 atom stereocenters. The van der Waals surface area contributed by atoms with Gasteiger partial charge in [0.25, 0.3) is 0 Å². The highest BCUT2D eigenvalue weighted by atomic mass is 14.9. The van der Waals surface area contributed by atoms with Crippen LogP contribution in [0.1, 0.15) is 22.8 Å². The minimum atomic E-state index is 0.900. The summed E-state index contributed by atoms with van der Waals surface area (Å²) in [5, 5.41) is 0. The number of aromatic amines is 4. The Labute approximate surface area is 300 Å². The molecule has 52 heavy (non-hydrogen) atoms. The van der Waals surface area contributed by atoms with E-state index in [0.29, 0.717) is 0 Å². The summed E-state index contributed by atoms with van der Waals surface area (Å²) in [5.74, 6) is 3.67. The maximum atomic E-state index is 4.74. The first-order chi connectivity index (χ1) is 25.3. The zero-order valence-electron chi connectivity index (χ0n) is 29.3. The number of rotatable bonds is 4. The van der Waals surface area contributed by atoms with Crippen LogP contribution in [0.3, 0.4) is 0 Å². The molecule has 0 bridgehead atoms. The third-order valence-electron chi connectivity index (χ3n) is 9.45. The van der Waals surface area contributed by atoms with E-state index < -0.39 is 0 Å². The molecule has 0 radical (unpaired) electrons. The van der Waals surface area contributed by atoms with E-state index in [9.17, 15) is 0 Å². The van der Waals surface area contributed by atoms with Gasteiger partial charge in [-0.3, -0.25) is 0 Å². The van der Waals surface area contributed by atoms with Crippen LogP contribution in [0.25, 0.3) is 89.2 Å². The number of H-pyrrole nitrogens is 4. The monoisotopic (exact) mass is 676 g/mol. The Morgan fingerprint density at radius 3 is 1.19 bits per heavy atom. The fraction of sp³-hybridized carbons (Fsp3) is 0.0909. The summed E-state index contributed by atoms with van der Waals surface area (Å²) in [6.45, 7) is 8.14. The lowest BCUT2D eigenvalue weighted by molar-refractivity contribution is 1.17. The van der Waals surface area contributed by atoms with Gasteiger partial charge in [0.2, 0.25) is 0 Å². The van der Waals surface area contributed by atoms with Gasteiger partial charge in [0, 0.05) is 11.1 Å². The second-order valence-corrected chi connectivity index (χ2v) is 13.5. The van der Waals surface area contributed by atoms with Crippen LogP contribution in [-0.4, -0.2) is 39.9 Å². The Bertz CT molecular complexity index is 2900. The van der Waals surface area contributed by atoms with Crippen LogP contribution in [0.4, 0.5) is 0 Å². The normalized spacial score (nSPS) is 11.5. The summed E-state index contributed by atoms with van der Waals surface area (Å²) in [5.41, 5.74) is 17.5. The van der Waals surface area contributed by atoms with E-state index >= 15 is 0 Å². The summed E-state index contributed by atoms with van der Waals surface area (Å²) >= 11 is 0. The Morgan fingerprint density at radius 2 is 0.731 bits per heavy atom. The maximum Gasteiger partial charge on any atom is 0.138 e. The minimum Gasteiger partial charge on any atom is -0.342 e. The molecule has 4 N–H and O–H groups in total. The van der Waals surface area contributed by atoms with Gasteiger partial charge < -0.3 is 19.9 Å². The molecule has 8 heteroatoms. The summed E-state index contributed by atoms with van der Waals surface area (Å²) in [4.78, 5) is 31.9. The van der Waals surface area contributed by atoms with Crippen LogP contribution in [0.5, 0.6) is 0 Å². The minimum absolute atomic E-state index is 0.900. The SMILES string of the molecule is Cc1ccc(-c2nc3ccc(-c4ccc5nc(C)[nH]c5c4)cc3[nH]2)cc1.Cc1cccc(-c2nc3ccc(-c4ccc5nc(C)[nH]c5c4)cc3[nH]2)c1. The fourth-order valence-corrected chi connectivity index (χ4v) is 6.79. The van der Waals surface area contributed by atoms with Crippen molar-refractivity contribution in [3.05, 3.63) is 144 Å². The van der Waals surface area contributed by atoms with Gasteiger partial charge in [-0.05, 0) is 105 Å². The van der Waals surface area contributed by atoms with Crippen molar-refractivity contribution in [1.29, 1.82) is 0 Å². The largest absolute Gasteiger partial charge is 0.342 e. The van der Waals surface area contributed by atoms with Crippen molar-refractivity contribution in [2.75, 3.05) is 0 Å². The molecule has 0 unspecified atom stereocenters. The van der Waals surface area contributed by atoms with Crippen molar-refractivity contribution in [1.82, 2.24) is 39.9 Å². The second kappa shape index (κ2) is 12.5. The molecular weight excluding hydrogens is 641 g/mol. The predicted molar refractivity (Wildman–Crippen MR) is 212 cm³/mol. The van der Waals surface area contributed by atoms with Gasteiger partial charge in [0.1, 0.15) is 23.3 Å². The molecule has 0 saturated carbocycles.